The number of rotatable bonds is 8. The summed E-state index contributed by atoms with van der Waals surface area (Å²) in [6.45, 7) is 12.8. The van der Waals surface area contributed by atoms with Crippen molar-refractivity contribution in [3.05, 3.63) is 35.9 Å². The van der Waals surface area contributed by atoms with E-state index in [0.717, 1.165) is 19.6 Å². The van der Waals surface area contributed by atoms with E-state index in [-0.39, 0.29) is 0 Å². The van der Waals surface area contributed by atoms with E-state index in [4.69, 9.17) is 0 Å². The molecule has 1 aliphatic rings. The maximum atomic E-state index is 3.58. The lowest BCUT2D eigenvalue weighted by Crippen LogP contribution is -2.51. The van der Waals surface area contributed by atoms with E-state index in [1.807, 2.05) is 0 Å². The van der Waals surface area contributed by atoms with Gasteiger partial charge in [0, 0.05) is 45.3 Å². The maximum absolute atomic E-state index is 3.58. The van der Waals surface area contributed by atoms with Gasteiger partial charge in [-0.25, -0.2) is 0 Å². The molecule has 118 valence electrons. The van der Waals surface area contributed by atoms with Crippen molar-refractivity contribution in [1.82, 2.24) is 15.1 Å². The largest absolute Gasteiger partial charge is 0.315 e. The third-order valence-corrected chi connectivity index (χ3v) is 4.43. The molecule has 1 unspecified atom stereocenters. The van der Waals surface area contributed by atoms with E-state index >= 15 is 0 Å². The standard InChI is InChI=1S/C18H31N3/c1-3-4-10-19-15-17(2)21-13-11-20(12-14-21)16-18-8-6-5-7-9-18/h5-9,17,19H,3-4,10-16H2,1-2H3. The van der Waals surface area contributed by atoms with Gasteiger partial charge < -0.3 is 5.32 Å². The van der Waals surface area contributed by atoms with Gasteiger partial charge in [0.25, 0.3) is 0 Å². The Bertz CT molecular complexity index is 371. The molecule has 1 atom stereocenters. The van der Waals surface area contributed by atoms with Crippen LogP contribution in [0.25, 0.3) is 0 Å². The third-order valence-electron chi connectivity index (χ3n) is 4.43. The van der Waals surface area contributed by atoms with Crippen molar-refractivity contribution < 1.29 is 0 Å². The summed E-state index contributed by atoms with van der Waals surface area (Å²) >= 11 is 0. The molecule has 0 aromatic heterocycles. The zero-order chi connectivity index (χ0) is 14.9. The predicted octanol–water partition coefficient (Wildman–Crippen LogP) is 2.58. The third kappa shape index (κ3) is 5.77. The maximum Gasteiger partial charge on any atom is 0.0234 e. The van der Waals surface area contributed by atoms with Crippen LogP contribution in [0, 0.1) is 0 Å². The number of hydrogen-bond acceptors (Lipinski definition) is 3. The zero-order valence-corrected chi connectivity index (χ0v) is 13.7. The lowest BCUT2D eigenvalue weighted by Gasteiger charge is -2.38. The Morgan fingerprint density at radius 1 is 1.10 bits per heavy atom. The van der Waals surface area contributed by atoms with Crippen LogP contribution >= 0.6 is 0 Å². The van der Waals surface area contributed by atoms with Crippen LogP contribution in [0.1, 0.15) is 32.3 Å². The van der Waals surface area contributed by atoms with Crippen molar-refractivity contribution in [2.75, 3.05) is 39.3 Å². The molecule has 1 saturated heterocycles. The van der Waals surface area contributed by atoms with E-state index < -0.39 is 0 Å². The molecule has 0 saturated carbocycles. The first-order valence-corrected chi connectivity index (χ1v) is 8.50. The van der Waals surface area contributed by atoms with Gasteiger partial charge in [0.15, 0.2) is 0 Å². The number of hydrogen-bond donors (Lipinski definition) is 1. The first-order valence-electron chi connectivity index (χ1n) is 8.50. The minimum Gasteiger partial charge on any atom is -0.315 e. The van der Waals surface area contributed by atoms with E-state index in [1.165, 1.54) is 44.6 Å². The molecular formula is C18H31N3. The average molecular weight is 289 g/mol. The molecule has 3 heteroatoms. The highest BCUT2D eigenvalue weighted by Crippen LogP contribution is 2.10. The van der Waals surface area contributed by atoms with Crippen molar-refractivity contribution >= 4 is 0 Å². The highest BCUT2D eigenvalue weighted by atomic mass is 15.3. The topological polar surface area (TPSA) is 18.5 Å². The van der Waals surface area contributed by atoms with E-state index in [9.17, 15) is 0 Å². The molecule has 0 spiro atoms. The summed E-state index contributed by atoms with van der Waals surface area (Å²) in [7, 11) is 0. The van der Waals surface area contributed by atoms with Gasteiger partial charge in [-0.3, -0.25) is 9.80 Å². The van der Waals surface area contributed by atoms with Crippen LogP contribution in [-0.2, 0) is 6.54 Å². The summed E-state index contributed by atoms with van der Waals surface area (Å²) in [6.07, 6.45) is 2.57. The molecule has 0 bridgehead atoms. The second-order valence-electron chi connectivity index (χ2n) is 6.20. The minimum absolute atomic E-state index is 0.653. The van der Waals surface area contributed by atoms with Gasteiger partial charge in [-0.05, 0) is 25.5 Å². The van der Waals surface area contributed by atoms with E-state index in [2.05, 4.69) is 59.3 Å². The lowest BCUT2D eigenvalue weighted by molar-refractivity contribution is 0.0973. The van der Waals surface area contributed by atoms with Gasteiger partial charge in [-0.2, -0.15) is 0 Å². The number of benzene rings is 1. The van der Waals surface area contributed by atoms with E-state index in [0.29, 0.717) is 6.04 Å². The fraction of sp³-hybridized carbons (Fsp3) is 0.667. The van der Waals surface area contributed by atoms with Crippen LogP contribution in [0.15, 0.2) is 30.3 Å². The molecule has 0 radical (unpaired) electrons. The molecule has 1 heterocycles. The van der Waals surface area contributed by atoms with Gasteiger partial charge in [0.2, 0.25) is 0 Å². The Morgan fingerprint density at radius 3 is 2.48 bits per heavy atom. The molecule has 2 rings (SSSR count). The van der Waals surface area contributed by atoms with Gasteiger partial charge in [0.1, 0.15) is 0 Å². The molecule has 1 N–H and O–H groups in total. The van der Waals surface area contributed by atoms with Crippen molar-refractivity contribution in [1.29, 1.82) is 0 Å². The Labute approximate surface area is 130 Å². The van der Waals surface area contributed by atoms with Gasteiger partial charge in [0.05, 0.1) is 0 Å². The SMILES string of the molecule is CCCCNCC(C)N1CCN(Cc2ccccc2)CC1. The highest BCUT2D eigenvalue weighted by Gasteiger charge is 2.20. The molecule has 0 aliphatic carbocycles. The molecular weight excluding hydrogens is 258 g/mol. The first kappa shape index (κ1) is 16.5. The van der Waals surface area contributed by atoms with Crippen LogP contribution in [-0.4, -0.2) is 55.1 Å². The number of nitrogens with one attached hydrogen (secondary N) is 1. The van der Waals surface area contributed by atoms with Gasteiger partial charge in [-0.1, -0.05) is 43.7 Å². The predicted molar refractivity (Wildman–Crippen MR) is 90.5 cm³/mol. The Kier molecular flexibility index (Phi) is 7.20. The quantitative estimate of drug-likeness (QED) is 0.742. The summed E-state index contributed by atoms with van der Waals surface area (Å²) in [5.41, 5.74) is 1.43. The molecule has 3 nitrogen and oxygen atoms in total. The minimum atomic E-state index is 0.653. The second kappa shape index (κ2) is 9.19. The van der Waals surface area contributed by atoms with Crippen molar-refractivity contribution in [3.63, 3.8) is 0 Å². The van der Waals surface area contributed by atoms with Gasteiger partial charge >= 0.3 is 0 Å². The second-order valence-corrected chi connectivity index (χ2v) is 6.20. The zero-order valence-electron chi connectivity index (χ0n) is 13.7. The molecule has 1 aromatic carbocycles. The van der Waals surface area contributed by atoms with Crippen molar-refractivity contribution in [2.24, 2.45) is 0 Å². The smallest absolute Gasteiger partial charge is 0.0234 e. The number of piperazine rings is 1. The molecule has 21 heavy (non-hydrogen) atoms. The monoisotopic (exact) mass is 289 g/mol. The molecule has 1 fully saturated rings. The van der Waals surface area contributed by atoms with Crippen LogP contribution in [0.5, 0.6) is 0 Å². The van der Waals surface area contributed by atoms with Crippen molar-refractivity contribution in [2.45, 2.75) is 39.3 Å². The summed E-state index contributed by atoms with van der Waals surface area (Å²) < 4.78 is 0. The van der Waals surface area contributed by atoms with Crippen LogP contribution in [0.4, 0.5) is 0 Å². The number of unbranched alkanes of at least 4 members (excludes halogenated alkanes) is 1. The van der Waals surface area contributed by atoms with Crippen LogP contribution in [0.2, 0.25) is 0 Å². The fourth-order valence-electron chi connectivity index (χ4n) is 2.95. The molecule has 0 amide bonds. The summed E-state index contributed by atoms with van der Waals surface area (Å²) in [5, 5.41) is 3.58. The number of nitrogens with zero attached hydrogens (tertiary/aromatic N) is 2. The normalized spacial score (nSPS) is 18.8. The van der Waals surface area contributed by atoms with Gasteiger partial charge in [-0.15, -0.1) is 0 Å². The molecule has 1 aromatic rings. The average Bonchev–Trinajstić information content (AvgIpc) is 2.53. The van der Waals surface area contributed by atoms with Crippen LogP contribution < -0.4 is 5.32 Å². The Balaban J connectivity index is 1.65. The van der Waals surface area contributed by atoms with Crippen LogP contribution in [0.3, 0.4) is 0 Å². The highest BCUT2D eigenvalue weighted by molar-refractivity contribution is 5.14. The van der Waals surface area contributed by atoms with Crippen molar-refractivity contribution in [3.8, 4) is 0 Å². The summed E-state index contributed by atoms with van der Waals surface area (Å²) in [5.74, 6) is 0. The Morgan fingerprint density at radius 2 is 1.81 bits per heavy atom. The lowest BCUT2D eigenvalue weighted by atomic mass is 10.2. The first-order chi connectivity index (χ1) is 10.3. The summed E-state index contributed by atoms with van der Waals surface area (Å²) in [6, 6.07) is 11.5. The van der Waals surface area contributed by atoms with E-state index in [1.54, 1.807) is 0 Å². The molecule has 1 aliphatic heterocycles. The fourth-order valence-corrected chi connectivity index (χ4v) is 2.95. The summed E-state index contributed by atoms with van der Waals surface area (Å²) in [4.78, 5) is 5.20. The Hall–Kier alpha value is -0.900.